The lowest BCUT2D eigenvalue weighted by Crippen LogP contribution is -2.53. The summed E-state index contributed by atoms with van der Waals surface area (Å²) in [5.41, 5.74) is 5.56. The number of aliphatic hydroxyl groups excluding tert-OH is 1. The first-order valence-electron chi connectivity index (χ1n) is 6.77. The van der Waals surface area contributed by atoms with Crippen molar-refractivity contribution in [2.75, 3.05) is 13.7 Å². The number of para-hydroxylation sites is 1. The van der Waals surface area contributed by atoms with Crippen molar-refractivity contribution in [3.8, 4) is 5.75 Å². The van der Waals surface area contributed by atoms with E-state index in [4.69, 9.17) is 15.6 Å². The largest absolute Gasteiger partial charge is 0.490 e. The van der Waals surface area contributed by atoms with E-state index in [0.29, 0.717) is 12.8 Å². The number of likely N-dealkylation sites (N-methyl/N-ethyl adjacent to an activating group) is 1. The lowest BCUT2D eigenvalue weighted by atomic mass is 9.94. The smallest absolute Gasteiger partial charge is 0.237 e. The third kappa shape index (κ3) is 4.21. The lowest BCUT2D eigenvalue weighted by molar-refractivity contribution is -0.124. The fourth-order valence-corrected chi connectivity index (χ4v) is 2.10. The van der Waals surface area contributed by atoms with E-state index in [2.05, 4.69) is 5.32 Å². The van der Waals surface area contributed by atoms with Crippen LogP contribution >= 0.6 is 0 Å². The van der Waals surface area contributed by atoms with Crippen molar-refractivity contribution < 1.29 is 14.6 Å². The van der Waals surface area contributed by atoms with E-state index in [1.54, 1.807) is 14.0 Å². The van der Waals surface area contributed by atoms with E-state index >= 15 is 0 Å². The molecule has 5 nitrogen and oxygen atoms in total. The maximum atomic E-state index is 11.5. The summed E-state index contributed by atoms with van der Waals surface area (Å²) >= 11 is 0. The Morgan fingerprint density at radius 3 is 2.70 bits per heavy atom. The Balaban J connectivity index is 2.76. The summed E-state index contributed by atoms with van der Waals surface area (Å²) in [5, 5.41) is 12.0. The zero-order valence-corrected chi connectivity index (χ0v) is 12.3. The molecule has 0 spiro atoms. The van der Waals surface area contributed by atoms with Crippen LogP contribution in [0.3, 0.4) is 0 Å². The minimum Gasteiger partial charge on any atom is -0.490 e. The van der Waals surface area contributed by atoms with E-state index in [-0.39, 0.29) is 12.7 Å². The monoisotopic (exact) mass is 280 g/mol. The highest BCUT2D eigenvalue weighted by molar-refractivity contribution is 5.84. The molecule has 1 amide bonds. The molecule has 0 aliphatic carbocycles. The third-order valence-corrected chi connectivity index (χ3v) is 3.47. The molecule has 0 bridgehead atoms. The molecule has 2 unspecified atom stereocenters. The van der Waals surface area contributed by atoms with Gasteiger partial charge in [0.2, 0.25) is 5.91 Å². The van der Waals surface area contributed by atoms with Crippen LogP contribution in [0.2, 0.25) is 0 Å². The van der Waals surface area contributed by atoms with Gasteiger partial charge in [-0.3, -0.25) is 4.79 Å². The lowest BCUT2D eigenvalue weighted by Gasteiger charge is -2.29. The second kappa shape index (κ2) is 7.26. The fraction of sp³-hybridized carbons (Fsp3) is 0.533. The van der Waals surface area contributed by atoms with Crippen molar-refractivity contribution in [1.29, 1.82) is 0 Å². The zero-order chi connectivity index (χ0) is 15.2. The predicted molar refractivity (Wildman–Crippen MR) is 78.6 cm³/mol. The molecule has 0 aromatic heterocycles. The number of nitrogens with two attached hydrogens (primary N) is 1. The predicted octanol–water partition coefficient (Wildman–Crippen LogP) is 0.842. The number of benzene rings is 1. The van der Waals surface area contributed by atoms with E-state index in [0.717, 1.165) is 11.3 Å². The van der Waals surface area contributed by atoms with Crippen LogP contribution in [0.25, 0.3) is 0 Å². The molecule has 1 rings (SSSR count). The highest BCUT2D eigenvalue weighted by atomic mass is 16.5. The van der Waals surface area contributed by atoms with Crippen LogP contribution < -0.4 is 15.8 Å². The molecule has 5 heteroatoms. The molecule has 0 aliphatic heterocycles. The summed E-state index contributed by atoms with van der Waals surface area (Å²) in [6.07, 6.45) is 0.827. The normalized spacial score (nSPS) is 15.4. The van der Waals surface area contributed by atoms with Crippen molar-refractivity contribution >= 4 is 5.91 Å². The van der Waals surface area contributed by atoms with Gasteiger partial charge >= 0.3 is 0 Å². The number of rotatable bonds is 8. The van der Waals surface area contributed by atoms with Gasteiger partial charge in [-0.1, -0.05) is 18.2 Å². The first-order chi connectivity index (χ1) is 9.42. The Labute approximate surface area is 120 Å². The number of nitrogens with one attached hydrogen (secondary N) is 1. The van der Waals surface area contributed by atoms with Gasteiger partial charge in [0.25, 0.3) is 0 Å². The summed E-state index contributed by atoms with van der Waals surface area (Å²) < 4.78 is 5.89. The molecule has 0 saturated heterocycles. The molecule has 2 atom stereocenters. The molecule has 0 radical (unpaired) electrons. The Bertz CT molecular complexity index is 450. The Hall–Kier alpha value is -1.59. The maximum absolute atomic E-state index is 11.5. The van der Waals surface area contributed by atoms with Crippen LogP contribution in [0, 0.1) is 0 Å². The van der Waals surface area contributed by atoms with E-state index in [1.165, 1.54) is 0 Å². The van der Waals surface area contributed by atoms with E-state index in [9.17, 15) is 4.79 Å². The first-order valence-corrected chi connectivity index (χ1v) is 6.77. The summed E-state index contributed by atoms with van der Waals surface area (Å²) in [6, 6.07) is 7.57. The van der Waals surface area contributed by atoms with E-state index in [1.807, 2.05) is 31.2 Å². The molecule has 0 heterocycles. The van der Waals surface area contributed by atoms with Gasteiger partial charge in [0.05, 0.1) is 11.6 Å². The number of ether oxygens (including phenoxy) is 1. The van der Waals surface area contributed by atoms with Crippen LogP contribution in [0.15, 0.2) is 24.3 Å². The zero-order valence-electron chi connectivity index (χ0n) is 12.3. The van der Waals surface area contributed by atoms with Crippen molar-refractivity contribution in [3.05, 3.63) is 29.8 Å². The summed E-state index contributed by atoms with van der Waals surface area (Å²) in [6.45, 7) is 3.73. The van der Waals surface area contributed by atoms with Crippen molar-refractivity contribution in [3.63, 3.8) is 0 Å². The van der Waals surface area contributed by atoms with Crippen LogP contribution in [0.4, 0.5) is 0 Å². The van der Waals surface area contributed by atoms with E-state index < -0.39 is 11.4 Å². The van der Waals surface area contributed by atoms with Gasteiger partial charge < -0.3 is 20.9 Å². The van der Waals surface area contributed by atoms with Crippen molar-refractivity contribution in [1.82, 2.24) is 5.32 Å². The Morgan fingerprint density at radius 1 is 1.50 bits per heavy atom. The van der Waals surface area contributed by atoms with Crippen LogP contribution in [0.1, 0.15) is 25.8 Å². The van der Waals surface area contributed by atoms with Gasteiger partial charge in [0, 0.05) is 13.0 Å². The molecule has 0 fully saturated rings. The number of hydrogen-bond donors (Lipinski definition) is 3. The molecule has 1 aromatic rings. The Morgan fingerprint density at radius 2 is 2.15 bits per heavy atom. The minimum atomic E-state index is -0.800. The van der Waals surface area contributed by atoms with Crippen LogP contribution in [-0.2, 0) is 11.2 Å². The number of carbonyl (C=O) groups is 1. The molecule has 112 valence electrons. The molecule has 20 heavy (non-hydrogen) atoms. The van der Waals surface area contributed by atoms with Gasteiger partial charge in [-0.15, -0.1) is 0 Å². The number of carbonyl (C=O) groups excluding carboxylic acids is 1. The molecular weight excluding hydrogens is 256 g/mol. The standard InChI is InChI=1S/C15H24N2O3/c1-11(10-15(2,17-3)14(16)19)20-13-7-5-4-6-12(13)8-9-18/h4-7,11,17-18H,8-10H2,1-3H3,(H2,16,19). The number of aliphatic hydroxyl groups is 1. The first kappa shape index (κ1) is 16.5. The fourth-order valence-electron chi connectivity index (χ4n) is 2.10. The van der Waals surface area contributed by atoms with Gasteiger partial charge in [-0.05, 0) is 38.9 Å². The summed E-state index contributed by atoms with van der Waals surface area (Å²) in [5.74, 6) is 0.330. The number of hydrogen-bond acceptors (Lipinski definition) is 4. The van der Waals surface area contributed by atoms with Crippen molar-refractivity contribution in [2.24, 2.45) is 5.73 Å². The molecule has 0 saturated carbocycles. The van der Waals surface area contributed by atoms with Gasteiger partial charge in [-0.25, -0.2) is 0 Å². The average Bonchev–Trinajstić information content (AvgIpc) is 2.40. The molecular formula is C15H24N2O3. The Kier molecular flexibility index (Phi) is 5.98. The second-order valence-corrected chi connectivity index (χ2v) is 5.16. The third-order valence-electron chi connectivity index (χ3n) is 3.47. The van der Waals surface area contributed by atoms with Gasteiger partial charge in [-0.2, -0.15) is 0 Å². The number of primary amides is 1. The maximum Gasteiger partial charge on any atom is 0.237 e. The van der Waals surface area contributed by atoms with Crippen LogP contribution in [0.5, 0.6) is 5.75 Å². The molecule has 1 aromatic carbocycles. The molecule has 0 aliphatic rings. The SMILES string of the molecule is CNC(C)(CC(C)Oc1ccccc1CCO)C(N)=O. The quantitative estimate of drug-likeness (QED) is 0.659. The minimum absolute atomic E-state index is 0.0737. The average molecular weight is 280 g/mol. The van der Waals surface area contributed by atoms with Gasteiger partial charge in [0.15, 0.2) is 0 Å². The topological polar surface area (TPSA) is 84.6 Å². The van der Waals surface area contributed by atoms with Crippen molar-refractivity contribution in [2.45, 2.75) is 38.3 Å². The number of amides is 1. The summed E-state index contributed by atoms with van der Waals surface area (Å²) in [7, 11) is 1.71. The highest BCUT2D eigenvalue weighted by Crippen LogP contribution is 2.22. The van der Waals surface area contributed by atoms with Crippen LogP contribution in [-0.4, -0.2) is 36.3 Å². The molecule has 4 N–H and O–H groups in total. The highest BCUT2D eigenvalue weighted by Gasteiger charge is 2.31. The summed E-state index contributed by atoms with van der Waals surface area (Å²) in [4.78, 5) is 11.5. The van der Waals surface area contributed by atoms with Gasteiger partial charge in [0.1, 0.15) is 5.75 Å². The second-order valence-electron chi connectivity index (χ2n) is 5.16.